The highest BCUT2D eigenvalue weighted by Crippen LogP contribution is 2.28. The minimum atomic E-state index is -1.23. The molecule has 0 radical (unpaired) electrons. The average Bonchev–Trinajstić information content (AvgIpc) is 3.56. The van der Waals surface area contributed by atoms with E-state index in [2.05, 4.69) is 16.0 Å². The number of unbranched alkanes of at least 4 members (excludes halogenated alkanes) is 2. The maximum absolute atomic E-state index is 13.3. The number of hydrogen-bond acceptors (Lipinski definition) is 10. The summed E-state index contributed by atoms with van der Waals surface area (Å²) >= 11 is 0. The molecule has 1 aromatic carbocycles. The van der Waals surface area contributed by atoms with Gasteiger partial charge in [0.25, 0.3) is 11.8 Å². The van der Waals surface area contributed by atoms with Gasteiger partial charge in [0.15, 0.2) is 5.76 Å². The number of esters is 1. The molecule has 1 heterocycles. The van der Waals surface area contributed by atoms with Crippen LogP contribution >= 0.6 is 0 Å². The number of carbonyl (C=O) groups is 6. The van der Waals surface area contributed by atoms with Crippen LogP contribution in [0.3, 0.4) is 0 Å². The van der Waals surface area contributed by atoms with Gasteiger partial charge in [0.2, 0.25) is 12.3 Å². The predicted octanol–water partition coefficient (Wildman–Crippen LogP) is 4.28. The number of ether oxygens (including phenoxy) is 2. The monoisotopic (exact) mass is 702 g/mol. The molecule has 0 aliphatic carbocycles. The Labute approximate surface area is 292 Å². The van der Waals surface area contributed by atoms with E-state index in [0.29, 0.717) is 29.2 Å². The highest BCUT2D eigenvalue weighted by molar-refractivity contribution is 5.98. The lowest BCUT2D eigenvalue weighted by molar-refractivity contribution is -0.168. The maximum atomic E-state index is 13.3. The Hall–Kier alpha value is -4.92. The van der Waals surface area contributed by atoms with Gasteiger partial charge in [-0.1, -0.05) is 33.1 Å². The van der Waals surface area contributed by atoms with Crippen molar-refractivity contribution in [3.05, 3.63) is 41.7 Å². The number of amides is 4. The lowest BCUT2D eigenvalue weighted by Crippen LogP contribution is -2.47. The summed E-state index contributed by atoms with van der Waals surface area (Å²) in [7, 11) is 0. The number of furan rings is 1. The van der Waals surface area contributed by atoms with Crippen LogP contribution in [0.2, 0.25) is 0 Å². The molecule has 0 saturated carbocycles. The molecule has 0 spiro atoms. The normalized spacial score (nSPS) is 12.9. The minimum absolute atomic E-state index is 0.0786. The molecule has 0 bridgehead atoms. The number of carbonyl (C=O) groups excluding carboxylic acids is 5. The van der Waals surface area contributed by atoms with E-state index in [1.165, 1.54) is 24.3 Å². The third-order valence-electron chi connectivity index (χ3n) is 7.54. The van der Waals surface area contributed by atoms with Crippen LogP contribution in [0, 0.1) is 5.92 Å². The predicted molar refractivity (Wildman–Crippen MR) is 181 cm³/mol. The number of nitrogens with one attached hydrogen (secondary N) is 3. The fourth-order valence-electron chi connectivity index (χ4n) is 5.15. The number of benzene rings is 1. The maximum Gasteiger partial charge on any atom is 0.329 e. The van der Waals surface area contributed by atoms with Gasteiger partial charge >= 0.3 is 11.9 Å². The Morgan fingerprint density at radius 1 is 0.980 bits per heavy atom. The highest BCUT2D eigenvalue weighted by atomic mass is 16.6. The van der Waals surface area contributed by atoms with Crippen molar-refractivity contribution in [3.8, 4) is 17.1 Å². The van der Waals surface area contributed by atoms with E-state index in [1.807, 2.05) is 6.92 Å². The van der Waals surface area contributed by atoms with Gasteiger partial charge in [-0.05, 0) is 77.3 Å². The van der Waals surface area contributed by atoms with Crippen LogP contribution < -0.4 is 20.7 Å². The molecule has 4 amide bonds. The molecule has 5 N–H and O–H groups in total. The second kappa shape index (κ2) is 19.9. The molecular weight excluding hydrogens is 652 g/mol. The van der Waals surface area contributed by atoms with Gasteiger partial charge in [-0.25, -0.2) is 9.86 Å². The zero-order chi connectivity index (χ0) is 37.4. The standard InChI is InChI=1S/C35H50N4O11/c1-7-10-11-12-25(27(8-2)39(47)21-40)32(44)36-20-37-33(45)29-15-14-28(49-29)22-17-23(19-24(18-22)48-9-3)31(43)38-26(13-16-30(41)42)34(46)50-35(4,5)6/h14-15,17-19,21,25-27,47H,7-13,16,20H2,1-6H3,(H,36,44)(H,37,45)(H,38,43)(H,41,42). The second-order valence-electron chi connectivity index (χ2n) is 12.6. The van der Waals surface area contributed by atoms with Gasteiger partial charge in [-0.3, -0.25) is 29.2 Å². The largest absolute Gasteiger partial charge is 0.494 e. The summed E-state index contributed by atoms with van der Waals surface area (Å²) < 4.78 is 16.8. The molecule has 15 nitrogen and oxygen atoms in total. The molecule has 0 saturated heterocycles. The summed E-state index contributed by atoms with van der Waals surface area (Å²) in [5, 5.41) is 27.4. The SMILES string of the molecule is CCCCCC(C(=O)NCNC(=O)c1ccc(-c2cc(OCC)cc(C(=O)NC(CCC(=O)O)C(=O)OC(C)(C)C)c2)o1)C(CC)N(O)C=O. The molecule has 2 aromatic rings. The van der Waals surface area contributed by atoms with Crippen molar-refractivity contribution >= 4 is 36.1 Å². The fourth-order valence-corrected chi connectivity index (χ4v) is 5.15. The molecule has 3 atom stereocenters. The summed E-state index contributed by atoms with van der Waals surface area (Å²) in [5.41, 5.74) is -0.416. The van der Waals surface area contributed by atoms with Gasteiger partial charge in [0, 0.05) is 17.5 Å². The molecule has 0 fully saturated rings. The molecular formula is C35H50N4O11. The number of hydrogen-bond donors (Lipinski definition) is 5. The van der Waals surface area contributed by atoms with Crippen LogP contribution in [-0.4, -0.2) is 82.4 Å². The Morgan fingerprint density at radius 2 is 1.70 bits per heavy atom. The van der Waals surface area contributed by atoms with Crippen LogP contribution in [-0.2, 0) is 23.9 Å². The Kier molecular flexibility index (Phi) is 16.4. The number of aliphatic carboxylic acids is 1. The van der Waals surface area contributed by atoms with Crippen LogP contribution in [0.15, 0.2) is 34.7 Å². The molecule has 276 valence electrons. The Bertz CT molecular complexity index is 1470. The van der Waals surface area contributed by atoms with Crippen LogP contribution in [0.1, 0.15) is 107 Å². The summed E-state index contributed by atoms with van der Waals surface area (Å²) in [6, 6.07) is 5.50. The number of carboxylic acid groups (broad SMARTS) is 1. The lowest BCUT2D eigenvalue weighted by atomic mass is 9.90. The van der Waals surface area contributed by atoms with Crippen molar-refractivity contribution < 1.29 is 53.0 Å². The first-order valence-electron chi connectivity index (χ1n) is 16.8. The van der Waals surface area contributed by atoms with E-state index in [-0.39, 0.29) is 49.6 Å². The molecule has 2 rings (SSSR count). The van der Waals surface area contributed by atoms with E-state index in [0.717, 1.165) is 19.3 Å². The van der Waals surface area contributed by atoms with Crippen molar-refractivity contribution in [2.75, 3.05) is 13.3 Å². The molecule has 0 aliphatic rings. The quantitative estimate of drug-likeness (QED) is 0.0309. The Balaban J connectivity index is 2.21. The zero-order valence-corrected chi connectivity index (χ0v) is 29.6. The van der Waals surface area contributed by atoms with E-state index < -0.39 is 53.3 Å². The van der Waals surface area contributed by atoms with Gasteiger partial charge in [-0.15, -0.1) is 0 Å². The third-order valence-corrected chi connectivity index (χ3v) is 7.54. The lowest BCUT2D eigenvalue weighted by Gasteiger charge is -2.29. The number of nitrogens with zero attached hydrogens (tertiary/aromatic N) is 1. The van der Waals surface area contributed by atoms with Gasteiger partial charge in [-0.2, -0.15) is 0 Å². The van der Waals surface area contributed by atoms with Crippen LogP contribution in [0.25, 0.3) is 11.3 Å². The molecule has 50 heavy (non-hydrogen) atoms. The third kappa shape index (κ3) is 13.2. The number of carboxylic acids is 1. The van der Waals surface area contributed by atoms with Crippen molar-refractivity contribution in [1.82, 2.24) is 21.0 Å². The fraction of sp³-hybridized carbons (Fsp3) is 0.543. The summed E-state index contributed by atoms with van der Waals surface area (Å²) in [6.45, 7) is 10.5. The first-order chi connectivity index (χ1) is 23.6. The van der Waals surface area contributed by atoms with E-state index in [9.17, 15) is 34.0 Å². The van der Waals surface area contributed by atoms with Gasteiger partial charge in [0.1, 0.15) is 23.2 Å². The van der Waals surface area contributed by atoms with Crippen molar-refractivity contribution in [2.45, 2.75) is 104 Å². The van der Waals surface area contributed by atoms with Crippen molar-refractivity contribution in [3.63, 3.8) is 0 Å². The number of hydroxylamine groups is 2. The Morgan fingerprint density at radius 3 is 2.30 bits per heavy atom. The smallest absolute Gasteiger partial charge is 0.329 e. The second-order valence-corrected chi connectivity index (χ2v) is 12.6. The van der Waals surface area contributed by atoms with E-state index >= 15 is 0 Å². The highest BCUT2D eigenvalue weighted by Gasteiger charge is 2.31. The summed E-state index contributed by atoms with van der Waals surface area (Å²) in [5.74, 6) is -3.94. The topological polar surface area (TPSA) is 214 Å². The van der Waals surface area contributed by atoms with Crippen LogP contribution in [0.5, 0.6) is 5.75 Å². The summed E-state index contributed by atoms with van der Waals surface area (Å²) in [6.07, 6.45) is 3.03. The van der Waals surface area contributed by atoms with E-state index in [1.54, 1.807) is 40.7 Å². The first kappa shape index (κ1) is 41.3. The van der Waals surface area contributed by atoms with Crippen molar-refractivity contribution in [1.29, 1.82) is 0 Å². The zero-order valence-electron chi connectivity index (χ0n) is 29.6. The average molecular weight is 703 g/mol. The van der Waals surface area contributed by atoms with Gasteiger partial charge < -0.3 is 34.9 Å². The van der Waals surface area contributed by atoms with Crippen LogP contribution in [0.4, 0.5) is 0 Å². The number of rotatable bonds is 21. The van der Waals surface area contributed by atoms with Gasteiger partial charge in [0.05, 0.1) is 25.2 Å². The minimum Gasteiger partial charge on any atom is -0.494 e. The first-order valence-corrected chi connectivity index (χ1v) is 16.8. The van der Waals surface area contributed by atoms with Crippen molar-refractivity contribution in [2.24, 2.45) is 5.92 Å². The molecule has 0 aliphatic heterocycles. The molecule has 15 heteroatoms. The molecule has 1 aromatic heterocycles. The molecule has 3 unspecified atom stereocenters. The summed E-state index contributed by atoms with van der Waals surface area (Å²) in [4.78, 5) is 74.5. The van der Waals surface area contributed by atoms with E-state index in [4.69, 9.17) is 19.0 Å².